The van der Waals surface area contributed by atoms with Gasteiger partial charge in [0.2, 0.25) is 0 Å². The van der Waals surface area contributed by atoms with E-state index in [1.54, 1.807) is 30.3 Å². The maximum atomic E-state index is 12.9. The van der Waals surface area contributed by atoms with Gasteiger partial charge in [-0.05, 0) is 25.1 Å². The van der Waals surface area contributed by atoms with E-state index in [-0.39, 0.29) is 5.41 Å². The zero-order valence-corrected chi connectivity index (χ0v) is 12.5. The number of likely N-dealkylation sites (tertiary alicyclic amines) is 1. The van der Waals surface area contributed by atoms with Crippen molar-refractivity contribution in [1.82, 2.24) is 10.2 Å². The molecule has 1 unspecified atom stereocenters. The molecule has 0 saturated carbocycles. The molecule has 0 bridgehead atoms. The fourth-order valence-corrected chi connectivity index (χ4v) is 5.52. The van der Waals surface area contributed by atoms with E-state index in [2.05, 4.69) is 5.32 Å². The summed E-state index contributed by atoms with van der Waals surface area (Å²) in [6.07, 6.45) is 0.744. The molecule has 6 nitrogen and oxygen atoms in total. The molecule has 7 heteroatoms. The van der Waals surface area contributed by atoms with Crippen LogP contribution in [0.4, 0.5) is 4.79 Å². The van der Waals surface area contributed by atoms with Gasteiger partial charge in [-0.1, -0.05) is 18.2 Å². The Bertz CT molecular complexity index is 639. The van der Waals surface area contributed by atoms with Gasteiger partial charge in [-0.15, -0.1) is 0 Å². The number of nitrogens with one attached hydrogen (secondary N) is 1. The van der Waals surface area contributed by atoms with E-state index < -0.39 is 21.1 Å². The number of primary amides is 1. The van der Waals surface area contributed by atoms with Gasteiger partial charge in [0.25, 0.3) is 0 Å². The van der Waals surface area contributed by atoms with Crippen molar-refractivity contribution >= 4 is 15.9 Å². The Morgan fingerprint density at radius 3 is 2.57 bits per heavy atom. The minimum atomic E-state index is -3.42. The van der Waals surface area contributed by atoms with E-state index in [1.165, 1.54) is 4.90 Å². The Hall–Kier alpha value is -1.60. The van der Waals surface area contributed by atoms with Crippen LogP contribution in [0.1, 0.15) is 6.42 Å². The number of piperidine rings is 1. The molecule has 1 aromatic carbocycles. The van der Waals surface area contributed by atoms with Gasteiger partial charge in [-0.2, -0.15) is 0 Å². The van der Waals surface area contributed by atoms with E-state index in [0.29, 0.717) is 24.5 Å². The second kappa shape index (κ2) is 4.99. The van der Waals surface area contributed by atoms with Gasteiger partial charge in [0.1, 0.15) is 0 Å². The van der Waals surface area contributed by atoms with Crippen LogP contribution in [0.25, 0.3) is 0 Å². The number of hydrogen-bond donors (Lipinski definition) is 2. The number of hydrogen-bond acceptors (Lipinski definition) is 4. The van der Waals surface area contributed by atoms with Crippen molar-refractivity contribution in [3.05, 3.63) is 30.3 Å². The van der Waals surface area contributed by atoms with Crippen LogP contribution in [0.3, 0.4) is 0 Å². The number of amides is 2. The lowest BCUT2D eigenvalue weighted by atomic mass is 9.72. The van der Waals surface area contributed by atoms with Crippen LogP contribution in [-0.2, 0) is 9.84 Å². The maximum absolute atomic E-state index is 12.9. The van der Waals surface area contributed by atoms with Crippen molar-refractivity contribution in [1.29, 1.82) is 0 Å². The number of sulfone groups is 1. The van der Waals surface area contributed by atoms with Crippen LogP contribution >= 0.6 is 0 Å². The highest BCUT2D eigenvalue weighted by atomic mass is 32.2. The minimum absolute atomic E-state index is 0.343. The Kier molecular flexibility index (Phi) is 3.41. The highest BCUT2D eigenvalue weighted by Gasteiger charge is 2.55. The van der Waals surface area contributed by atoms with Gasteiger partial charge in [0.15, 0.2) is 9.84 Å². The quantitative estimate of drug-likeness (QED) is 0.816. The largest absolute Gasteiger partial charge is 0.351 e. The molecule has 1 spiro atoms. The summed E-state index contributed by atoms with van der Waals surface area (Å²) in [5.74, 6) is 0. The first-order chi connectivity index (χ1) is 9.96. The molecule has 2 aliphatic rings. The predicted molar refractivity (Wildman–Crippen MR) is 78.5 cm³/mol. The van der Waals surface area contributed by atoms with Crippen LogP contribution in [-0.4, -0.2) is 50.8 Å². The molecule has 2 heterocycles. The van der Waals surface area contributed by atoms with E-state index in [9.17, 15) is 13.2 Å². The fraction of sp³-hybridized carbons (Fsp3) is 0.500. The van der Waals surface area contributed by atoms with Gasteiger partial charge < -0.3 is 16.0 Å². The summed E-state index contributed by atoms with van der Waals surface area (Å²) in [6.45, 7) is 2.05. The molecule has 114 valence electrons. The summed E-state index contributed by atoms with van der Waals surface area (Å²) in [7, 11) is -3.42. The molecule has 2 aliphatic heterocycles. The maximum Gasteiger partial charge on any atom is 0.314 e. The summed E-state index contributed by atoms with van der Waals surface area (Å²) in [4.78, 5) is 13.1. The number of nitrogens with zero attached hydrogens (tertiary/aromatic N) is 1. The Morgan fingerprint density at radius 1 is 1.29 bits per heavy atom. The van der Waals surface area contributed by atoms with E-state index in [4.69, 9.17) is 5.73 Å². The zero-order chi connectivity index (χ0) is 15.1. The van der Waals surface area contributed by atoms with Crippen LogP contribution in [0, 0.1) is 5.41 Å². The van der Waals surface area contributed by atoms with E-state index in [0.717, 1.165) is 13.0 Å². The number of carbonyl (C=O) groups is 1. The van der Waals surface area contributed by atoms with E-state index >= 15 is 0 Å². The summed E-state index contributed by atoms with van der Waals surface area (Å²) in [6, 6.07) is 8.03. The van der Waals surface area contributed by atoms with Crippen molar-refractivity contribution in [3.8, 4) is 0 Å². The molecule has 21 heavy (non-hydrogen) atoms. The molecule has 2 amide bonds. The van der Waals surface area contributed by atoms with Crippen molar-refractivity contribution in [2.75, 3.05) is 26.2 Å². The molecule has 0 aliphatic carbocycles. The van der Waals surface area contributed by atoms with Gasteiger partial charge in [0, 0.05) is 25.0 Å². The zero-order valence-electron chi connectivity index (χ0n) is 11.7. The predicted octanol–water partition coefficient (Wildman–Crippen LogP) is 0.203. The van der Waals surface area contributed by atoms with Crippen LogP contribution < -0.4 is 11.1 Å². The third-order valence-electron chi connectivity index (χ3n) is 4.58. The summed E-state index contributed by atoms with van der Waals surface area (Å²) in [5.41, 5.74) is 4.91. The van der Waals surface area contributed by atoms with Gasteiger partial charge >= 0.3 is 6.03 Å². The number of nitrogens with two attached hydrogens (primary N) is 1. The molecule has 3 N–H and O–H groups in total. The molecule has 2 fully saturated rings. The highest BCUT2D eigenvalue weighted by molar-refractivity contribution is 7.92. The van der Waals surface area contributed by atoms with Crippen molar-refractivity contribution in [3.63, 3.8) is 0 Å². The summed E-state index contributed by atoms with van der Waals surface area (Å²) >= 11 is 0. The first-order valence-electron chi connectivity index (χ1n) is 7.00. The van der Waals surface area contributed by atoms with Gasteiger partial charge in [-0.3, -0.25) is 0 Å². The molecule has 1 atom stereocenters. The standard InChI is InChI=1S/C14H19N3O3S/c15-13(18)17-9-14(10-17)6-7-16-8-12(14)21(19,20)11-4-2-1-3-5-11/h1-5,12,16H,6-10H2,(H2,15,18). The highest BCUT2D eigenvalue weighted by Crippen LogP contribution is 2.43. The second-order valence-electron chi connectivity index (χ2n) is 5.86. The number of benzene rings is 1. The van der Waals surface area contributed by atoms with Crippen molar-refractivity contribution < 1.29 is 13.2 Å². The minimum Gasteiger partial charge on any atom is -0.351 e. The second-order valence-corrected chi connectivity index (χ2v) is 7.99. The Balaban J connectivity index is 1.91. The average Bonchev–Trinajstić information content (AvgIpc) is 2.45. The number of urea groups is 1. The monoisotopic (exact) mass is 309 g/mol. The Labute approximate surface area is 124 Å². The molecule has 2 saturated heterocycles. The SMILES string of the molecule is NC(=O)N1CC2(CCNCC2S(=O)(=O)c2ccccc2)C1. The molecular weight excluding hydrogens is 290 g/mol. The smallest absolute Gasteiger partial charge is 0.314 e. The third-order valence-corrected chi connectivity index (χ3v) is 6.93. The first kappa shape index (κ1) is 14.3. The normalized spacial score (nSPS) is 24.6. The van der Waals surface area contributed by atoms with Gasteiger partial charge in [0.05, 0.1) is 10.1 Å². The lowest BCUT2D eigenvalue weighted by Gasteiger charge is -2.55. The number of rotatable bonds is 2. The van der Waals surface area contributed by atoms with Crippen LogP contribution in [0.2, 0.25) is 0 Å². The molecule has 3 rings (SSSR count). The van der Waals surface area contributed by atoms with Crippen molar-refractivity contribution in [2.45, 2.75) is 16.6 Å². The van der Waals surface area contributed by atoms with E-state index in [1.807, 2.05) is 0 Å². The molecule has 1 aromatic rings. The molecular formula is C14H19N3O3S. The summed E-state index contributed by atoms with van der Waals surface area (Å²) < 4.78 is 25.8. The van der Waals surface area contributed by atoms with Crippen LogP contribution in [0.5, 0.6) is 0 Å². The fourth-order valence-electron chi connectivity index (χ4n) is 3.39. The van der Waals surface area contributed by atoms with Crippen LogP contribution in [0.15, 0.2) is 35.2 Å². The lowest BCUT2D eigenvalue weighted by Crippen LogP contribution is -2.69. The Morgan fingerprint density at radius 2 is 1.95 bits per heavy atom. The topological polar surface area (TPSA) is 92.5 Å². The summed E-state index contributed by atoms with van der Waals surface area (Å²) in [5, 5.41) is 2.65. The van der Waals surface area contributed by atoms with Crippen molar-refractivity contribution in [2.24, 2.45) is 11.1 Å². The first-order valence-corrected chi connectivity index (χ1v) is 8.54. The third kappa shape index (κ3) is 2.30. The van der Waals surface area contributed by atoms with Gasteiger partial charge in [-0.25, -0.2) is 13.2 Å². The number of carbonyl (C=O) groups excluding carboxylic acids is 1. The average molecular weight is 309 g/mol. The molecule has 0 radical (unpaired) electrons. The molecule has 0 aromatic heterocycles. The lowest BCUT2D eigenvalue weighted by molar-refractivity contribution is 0.0126.